The van der Waals surface area contributed by atoms with Gasteiger partial charge in [-0.3, -0.25) is 4.98 Å². The molecule has 4 fully saturated rings. The summed E-state index contributed by atoms with van der Waals surface area (Å²) in [5.41, 5.74) is -2.34. The maximum absolute atomic E-state index is 15.7. The summed E-state index contributed by atoms with van der Waals surface area (Å²) in [5, 5.41) is 0. The normalized spacial score (nSPS) is 39.9. The Morgan fingerprint density at radius 3 is 1.91 bits per heavy atom. The zero-order chi connectivity index (χ0) is 23.7. The fourth-order valence-electron chi connectivity index (χ4n) is 8.84. The maximum Gasteiger partial charge on any atom is 0.380 e. The first kappa shape index (κ1) is 21.0. The number of halogens is 6. The number of benzene rings is 1. The first-order valence-corrected chi connectivity index (χ1v) is 12.0. The van der Waals surface area contributed by atoms with Crippen LogP contribution in [0.2, 0.25) is 0 Å². The molecular weight excluding hydrogens is 452 g/mol. The topological polar surface area (TPSA) is 12.9 Å². The summed E-state index contributed by atoms with van der Waals surface area (Å²) in [6, 6.07) is 9.39. The molecule has 0 saturated heterocycles. The Labute approximate surface area is 193 Å². The third kappa shape index (κ3) is 2.15. The Morgan fingerprint density at radius 1 is 0.706 bits per heavy atom. The molecule has 0 amide bonds. The van der Waals surface area contributed by atoms with Crippen LogP contribution in [0.5, 0.6) is 0 Å². The number of rotatable bonds is 1. The maximum atomic E-state index is 15.7. The van der Waals surface area contributed by atoms with E-state index in [1.807, 2.05) is 0 Å². The van der Waals surface area contributed by atoms with Crippen LogP contribution < -0.4 is 0 Å². The lowest BCUT2D eigenvalue weighted by atomic mass is 9.38. The zero-order valence-electron chi connectivity index (χ0n) is 18.3. The van der Waals surface area contributed by atoms with Gasteiger partial charge in [-0.05, 0) is 84.6 Å². The van der Waals surface area contributed by atoms with Crippen molar-refractivity contribution >= 4 is 5.57 Å². The van der Waals surface area contributed by atoms with Crippen molar-refractivity contribution in [2.24, 2.45) is 23.7 Å². The van der Waals surface area contributed by atoms with E-state index in [4.69, 9.17) is 0 Å². The number of pyridine rings is 1. The molecule has 7 heteroatoms. The lowest BCUT2D eigenvalue weighted by molar-refractivity contribution is -0.261. The number of allylic oxidation sites excluding steroid dienone is 2. The molecule has 0 aliphatic heterocycles. The Hall–Kier alpha value is -2.31. The van der Waals surface area contributed by atoms with Gasteiger partial charge in [0, 0.05) is 34.9 Å². The van der Waals surface area contributed by atoms with E-state index in [1.54, 1.807) is 24.3 Å². The number of nitrogens with zero attached hydrogens (tertiary/aromatic N) is 1. The molecule has 6 aliphatic rings. The molecule has 1 spiro atoms. The number of hydrogen-bond acceptors (Lipinski definition) is 1. The van der Waals surface area contributed by atoms with Gasteiger partial charge in [0.25, 0.3) is 0 Å². The Bertz CT molecular complexity index is 1190. The predicted octanol–water partition coefficient (Wildman–Crippen LogP) is 7.25. The summed E-state index contributed by atoms with van der Waals surface area (Å²) < 4.78 is 91.9. The predicted molar refractivity (Wildman–Crippen MR) is 114 cm³/mol. The minimum Gasteiger partial charge on any atom is -0.265 e. The van der Waals surface area contributed by atoms with Gasteiger partial charge >= 0.3 is 17.8 Å². The van der Waals surface area contributed by atoms with Crippen molar-refractivity contribution in [3.63, 3.8) is 0 Å². The molecule has 2 aromatic rings. The van der Waals surface area contributed by atoms with Gasteiger partial charge < -0.3 is 0 Å². The fraction of sp³-hybridized carbons (Fsp3) is 0.519. The summed E-state index contributed by atoms with van der Waals surface area (Å²) in [4.78, 5) is 3.99. The SMILES string of the molecule is FC1(F)C2=C([C@H](c3ccncc3)C3(c4ccccc42)C2CC4CC(C2)CC3C4)C(F)(F)C1(F)F. The first-order valence-electron chi connectivity index (χ1n) is 12.0. The van der Waals surface area contributed by atoms with Crippen LogP contribution in [-0.4, -0.2) is 22.8 Å². The molecule has 1 atom stereocenters. The van der Waals surface area contributed by atoms with E-state index >= 15 is 17.6 Å². The summed E-state index contributed by atoms with van der Waals surface area (Å²) in [6.07, 6.45) is 7.28. The molecule has 0 unspecified atom stereocenters. The van der Waals surface area contributed by atoms with Gasteiger partial charge in [-0.25, -0.2) is 0 Å². The lowest BCUT2D eigenvalue weighted by Crippen LogP contribution is -2.60. The van der Waals surface area contributed by atoms with Crippen molar-refractivity contribution in [1.82, 2.24) is 4.98 Å². The molecule has 0 radical (unpaired) electrons. The number of fused-ring (bicyclic) bond motifs is 2. The molecule has 1 aromatic heterocycles. The number of aromatic nitrogens is 1. The van der Waals surface area contributed by atoms with Gasteiger partial charge in [0.05, 0.1) is 0 Å². The Morgan fingerprint density at radius 2 is 1.29 bits per heavy atom. The Balaban J connectivity index is 1.62. The van der Waals surface area contributed by atoms with Crippen LogP contribution in [-0.2, 0) is 5.41 Å². The van der Waals surface area contributed by atoms with Gasteiger partial charge in [-0.15, -0.1) is 0 Å². The van der Waals surface area contributed by atoms with Gasteiger partial charge in [0.2, 0.25) is 0 Å². The largest absolute Gasteiger partial charge is 0.380 e. The van der Waals surface area contributed by atoms with E-state index in [-0.39, 0.29) is 17.4 Å². The van der Waals surface area contributed by atoms with Crippen LogP contribution in [0.4, 0.5) is 26.3 Å². The highest BCUT2D eigenvalue weighted by Crippen LogP contribution is 2.76. The van der Waals surface area contributed by atoms with Crippen molar-refractivity contribution < 1.29 is 26.3 Å². The minimum absolute atomic E-state index is 0.0178. The molecule has 1 heterocycles. The van der Waals surface area contributed by atoms with Crippen LogP contribution in [0, 0.1) is 23.7 Å². The van der Waals surface area contributed by atoms with E-state index < -0.39 is 40.2 Å². The number of alkyl halides is 6. The van der Waals surface area contributed by atoms with E-state index in [1.165, 1.54) is 24.5 Å². The third-order valence-electron chi connectivity index (χ3n) is 9.67. The first-order chi connectivity index (χ1) is 16.1. The molecule has 0 N–H and O–H groups in total. The van der Waals surface area contributed by atoms with Crippen LogP contribution >= 0.6 is 0 Å². The molecule has 1 aromatic carbocycles. The van der Waals surface area contributed by atoms with Gasteiger partial charge in [-0.1, -0.05) is 24.3 Å². The van der Waals surface area contributed by atoms with E-state index in [2.05, 4.69) is 4.98 Å². The van der Waals surface area contributed by atoms with Gasteiger partial charge in [0.15, 0.2) is 0 Å². The molecular formula is C27H23F6N. The lowest BCUT2D eigenvalue weighted by Gasteiger charge is -2.65. The van der Waals surface area contributed by atoms with Crippen molar-refractivity contribution in [1.29, 1.82) is 0 Å². The van der Waals surface area contributed by atoms with Gasteiger partial charge in [0.1, 0.15) is 0 Å². The van der Waals surface area contributed by atoms with Crippen LogP contribution in [0.3, 0.4) is 0 Å². The molecule has 178 valence electrons. The molecule has 34 heavy (non-hydrogen) atoms. The van der Waals surface area contributed by atoms with Crippen LogP contribution in [0.25, 0.3) is 5.57 Å². The van der Waals surface area contributed by atoms with E-state index in [0.717, 1.165) is 32.1 Å². The van der Waals surface area contributed by atoms with Crippen molar-refractivity contribution in [3.8, 4) is 0 Å². The molecule has 4 bridgehead atoms. The molecule has 6 aliphatic carbocycles. The highest BCUT2D eigenvalue weighted by atomic mass is 19.3. The summed E-state index contributed by atoms with van der Waals surface area (Å²) in [6.45, 7) is 0. The van der Waals surface area contributed by atoms with Crippen molar-refractivity contribution in [2.45, 2.75) is 61.2 Å². The standard InChI is InChI=1S/C27H23F6N/c28-25(29)22-19-3-1-2-4-20(19)24(17-10-14-9-15(12-17)13-18(24)11-14)21(16-5-7-34-8-6-16)23(22)26(30,31)27(25,32)33/h1-8,14-15,17-18,21H,9-13H2/t14?,15?,17?,18?,21-,24?/m0/s1. The average Bonchev–Trinajstić information content (AvgIpc) is 2.91. The molecule has 1 nitrogen and oxygen atoms in total. The summed E-state index contributed by atoms with van der Waals surface area (Å²) in [5.74, 6) is -15.7. The van der Waals surface area contributed by atoms with Crippen LogP contribution in [0.15, 0.2) is 54.4 Å². The van der Waals surface area contributed by atoms with Crippen molar-refractivity contribution in [3.05, 3.63) is 71.1 Å². The van der Waals surface area contributed by atoms with Crippen molar-refractivity contribution in [2.75, 3.05) is 0 Å². The number of hydrogen-bond donors (Lipinski definition) is 0. The minimum atomic E-state index is -5.50. The quantitative estimate of drug-likeness (QED) is 0.396. The Kier molecular flexibility index (Phi) is 3.87. The monoisotopic (exact) mass is 475 g/mol. The van der Waals surface area contributed by atoms with E-state index in [0.29, 0.717) is 23.0 Å². The van der Waals surface area contributed by atoms with Crippen LogP contribution in [0.1, 0.15) is 54.7 Å². The highest BCUT2D eigenvalue weighted by molar-refractivity contribution is 5.86. The summed E-state index contributed by atoms with van der Waals surface area (Å²) in [7, 11) is 0. The smallest absolute Gasteiger partial charge is 0.265 e. The van der Waals surface area contributed by atoms with Gasteiger partial charge in [-0.2, -0.15) is 26.3 Å². The summed E-state index contributed by atoms with van der Waals surface area (Å²) >= 11 is 0. The second-order valence-electron chi connectivity index (χ2n) is 11.0. The highest BCUT2D eigenvalue weighted by Gasteiger charge is 2.83. The third-order valence-corrected chi connectivity index (χ3v) is 9.67. The molecule has 8 rings (SSSR count). The second kappa shape index (κ2) is 6.27. The fourth-order valence-corrected chi connectivity index (χ4v) is 8.84. The second-order valence-corrected chi connectivity index (χ2v) is 11.0. The van der Waals surface area contributed by atoms with E-state index in [9.17, 15) is 8.78 Å². The molecule has 4 saturated carbocycles. The zero-order valence-corrected chi connectivity index (χ0v) is 18.3. The average molecular weight is 475 g/mol.